The van der Waals surface area contributed by atoms with Gasteiger partial charge in [-0.3, -0.25) is 19.2 Å². The number of hydrogen-bond donors (Lipinski definition) is 4. The first-order valence-electron chi connectivity index (χ1n) is 6.33. The van der Waals surface area contributed by atoms with Gasteiger partial charge < -0.3 is 20.4 Å². The highest BCUT2D eigenvalue weighted by Gasteiger charge is 2.66. The summed E-state index contributed by atoms with van der Waals surface area (Å²) in [6.07, 6.45) is 0. The van der Waals surface area contributed by atoms with Crippen molar-refractivity contribution in [1.82, 2.24) is 0 Å². The highest BCUT2D eigenvalue weighted by atomic mass is 32.1. The van der Waals surface area contributed by atoms with E-state index in [1.54, 1.807) is 0 Å². The van der Waals surface area contributed by atoms with Gasteiger partial charge in [0, 0.05) is 20.9 Å². The third kappa shape index (κ3) is 1.51. The lowest BCUT2D eigenvalue weighted by Gasteiger charge is -2.37. The van der Waals surface area contributed by atoms with Crippen molar-refractivity contribution < 1.29 is 39.6 Å². The zero-order valence-electron chi connectivity index (χ0n) is 11.5. The second kappa shape index (κ2) is 4.89. The third-order valence-corrected chi connectivity index (χ3v) is 6.17. The summed E-state index contributed by atoms with van der Waals surface area (Å²) in [5.74, 6) is -6.82. The fraction of sp³-hybridized carbons (Fsp3) is 0.143. The van der Waals surface area contributed by atoms with Crippen LogP contribution in [0.25, 0.3) is 0 Å². The predicted octanol–water partition coefficient (Wildman–Crippen LogP) is 1.03. The van der Waals surface area contributed by atoms with E-state index in [1.807, 2.05) is 0 Å². The monoisotopic (exact) mass is 368 g/mol. The van der Waals surface area contributed by atoms with E-state index in [0.717, 1.165) is 12.1 Å². The van der Waals surface area contributed by atoms with E-state index in [0.29, 0.717) is 22.7 Å². The summed E-state index contributed by atoms with van der Waals surface area (Å²) >= 11 is 1.42. The van der Waals surface area contributed by atoms with Crippen molar-refractivity contribution in [2.75, 3.05) is 0 Å². The Labute approximate surface area is 141 Å². The fourth-order valence-electron chi connectivity index (χ4n) is 3.07. The Hall–Kier alpha value is -2.72. The van der Waals surface area contributed by atoms with Crippen LogP contribution in [0.2, 0.25) is 0 Å². The molecule has 0 amide bonds. The molecule has 10 heteroatoms. The molecule has 2 aromatic heterocycles. The lowest BCUT2D eigenvalue weighted by molar-refractivity contribution is -0.159. The normalized spacial score (nSPS) is 16.7. The number of carbonyl (C=O) groups is 4. The van der Waals surface area contributed by atoms with Gasteiger partial charge in [0.25, 0.3) is 0 Å². The van der Waals surface area contributed by atoms with Gasteiger partial charge in [-0.2, -0.15) is 0 Å². The van der Waals surface area contributed by atoms with Gasteiger partial charge in [0.1, 0.15) is 0 Å². The Morgan fingerprint density at radius 2 is 0.958 bits per heavy atom. The van der Waals surface area contributed by atoms with Crippen molar-refractivity contribution in [3.05, 3.63) is 43.8 Å². The summed E-state index contributed by atoms with van der Waals surface area (Å²) in [4.78, 5) is 47.1. The topological polar surface area (TPSA) is 149 Å². The number of hydrogen-bond acceptors (Lipinski definition) is 6. The molecule has 0 bridgehead atoms. The molecule has 4 N–H and O–H groups in total. The van der Waals surface area contributed by atoms with E-state index in [4.69, 9.17) is 0 Å². The van der Waals surface area contributed by atoms with E-state index < -0.39 is 34.7 Å². The van der Waals surface area contributed by atoms with Crippen LogP contribution in [0.4, 0.5) is 0 Å². The van der Waals surface area contributed by atoms with Crippen LogP contribution in [0, 0.1) is 0 Å². The second-order valence-corrected chi connectivity index (χ2v) is 6.88. The molecule has 0 radical (unpaired) electrons. The maximum Gasteiger partial charge on any atom is 0.331 e. The van der Waals surface area contributed by atoms with Gasteiger partial charge in [0.05, 0.1) is 0 Å². The smallest absolute Gasteiger partial charge is 0.331 e. The molecule has 1 aliphatic carbocycles. The summed E-state index contributed by atoms with van der Waals surface area (Å²) in [6.45, 7) is 0. The third-order valence-electron chi connectivity index (χ3n) is 4.10. The molecule has 1 aliphatic rings. The Bertz CT molecular complexity index is 762. The molecular weight excluding hydrogens is 360 g/mol. The molecular formula is C14H8O8S2. The van der Waals surface area contributed by atoms with Gasteiger partial charge >= 0.3 is 23.9 Å². The predicted molar refractivity (Wildman–Crippen MR) is 80.7 cm³/mol. The molecule has 0 fully saturated rings. The number of rotatable bonds is 4. The number of carboxylic acids is 4. The Morgan fingerprint density at radius 1 is 0.667 bits per heavy atom. The largest absolute Gasteiger partial charge is 0.480 e. The number of carboxylic acid groups (broad SMARTS) is 4. The lowest BCUT2D eigenvalue weighted by Crippen LogP contribution is -2.55. The van der Waals surface area contributed by atoms with Crippen molar-refractivity contribution in [2.24, 2.45) is 0 Å². The van der Waals surface area contributed by atoms with Crippen LogP contribution in [-0.4, -0.2) is 44.3 Å². The first-order chi connectivity index (χ1) is 11.2. The molecule has 0 saturated heterocycles. The summed E-state index contributed by atoms with van der Waals surface area (Å²) in [5.41, 5.74) is -5.75. The van der Waals surface area contributed by atoms with Crippen LogP contribution in [0.1, 0.15) is 20.9 Å². The zero-order valence-corrected chi connectivity index (χ0v) is 13.2. The highest BCUT2D eigenvalue weighted by Crippen LogP contribution is 2.54. The number of fused-ring (bicyclic) bond motifs is 2. The Kier molecular flexibility index (Phi) is 3.29. The number of thiophene rings is 2. The molecule has 0 saturated carbocycles. The standard InChI is InChI=1S/C14H8O8S2/c15-9(16)13(10(17)18)5-1-3-23-7(5)14(11(19)20,12(21)22)6-2-4-24-8(6)13/h1-4H,(H,15,16)(H,17,18)(H,19,20)(H,21,22). The number of aliphatic carboxylic acids is 4. The van der Waals surface area contributed by atoms with E-state index in [1.165, 1.54) is 10.8 Å². The summed E-state index contributed by atoms with van der Waals surface area (Å²) in [7, 11) is 0. The maximum absolute atomic E-state index is 11.9. The van der Waals surface area contributed by atoms with Gasteiger partial charge in [-0.1, -0.05) is 0 Å². The first kappa shape index (κ1) is 16.1. The molecule has 0 aromatic carbocycles. The quantitative estimate of drug-likeness (QED) is 0.585. The van der Waals surface area contributed by atoms with Gasteiger partial charge in [-0.05, 0) is 22.9 Å². The molecule has 3 rings (SSSR count). The van der Waals surface area contributed by atoms with Crippen LogP contribution < -0.4 is 0 Å². The van der Waals surface area contributed by atoms with Gasteiger partial charge in [-0.25, -0.2) is 0 Å². The van der Waals surface area contributed by atoms with E-state index in [9.17, 15) is 39.6 Å². The Balaban J connectivity index is 2.57. The molecule has 124 valence electrons. The molecule has 8 nitrogen and oxygen atoms in total. The Morgan fingerprint density at radius 3 is 1.21 bits per heavy atom. The van der Waals surface area contributed by atoms with Gasteiger partial charge in [0.2, 0.25) is 10.8 Å². The summed E-state index contributed by atoms with van der Waals surface area (Å²) < 4.78 is 0. The van der Waals surface area contributed by atoms with Crippen molar-refractivity contribution in [3.63, 3.8) is 0 Å². The molecule has 0 unspecified atom stereocenters. The average Bonchev–Trinajstić information content (AvgIpc) is 3.11. The minimum Gasteiger partial charge on any atom is -0.480 e. The zero-order chi connectivity index (χ0) is 17.9. The molecule has 0 aliphatic heterocycles. The fourth-order valence-corrected chi connectivity index (χ4v) is 5.37. The minimum atomic E-state index is -2.53. The van der Waals surface area contributed by atoms with Crippen LogP contribution in [-0.2, 0) is 30.0 Å². The van der Waals surface area contributed by atoms with E-state index >= 15 is 0 Å². The summed E-state index contributed by atoms with van der Waals surface area (Å²) in [5, 5.41) is 41.3. The molecule has 2 aromatic rings. The highest BCUT2D eigenvalue weighted by molar-refractivity contribution is 7.12. The van der Waals surface area contributed by atoms with Crippen LogP contribution in [0.15, 0.2) is 22.9 Å². The van der Waals surface area contributed by atoms with Crippen molar-refractivity contribution in [2.45, 2.75) is 10.8 Å². The first-order valence-corrected chi connectivity index (χ1v) is 8.09. The average molecular weight is 368 g/mol. The van der Waals surface area contributed by atoms with Crippen LogP contribution in [0.5, 0.6) is 0 Å². The molecule has 0 spiro atoms. The summed E-state index contributed by atoms with van der Waals surface area (Å²) in [6, 6.07) is 2.32. The second-order valence-electron chi connectivity index (χ2n) is 5.05. The van der Waals surface area contributed by atoms with Gasteiger partial charge in [-0.15, -0.1) is 22.7 Å². The van der Waals surface area contributed by atoms with Gasteiger partial charge in [0.15, 0.2) is 0 Å². The van der Waals surface area contributed by atoms with Crippen LogP contribution in [0.3, 0.4) is 0 Å². The van der Waals surface area contributed by atoms with Crippen molar-refractivity contribution >= 4 is 46.6 Å². The van der Waals surface area contributed by atoms with E-state index in [2.05, 4.69) is 0 Å². The SMILES string of the molecule is O=C(O)C1(C(=O)O)c2ccsc2C(C(=O)O)(C(=O)O)c2ccsc21. The minimum absolute atomic E-state index is 0.321. The van der Waals surface area contributed by atoms with E-state index in [-0.39, 0.29) is 20.9 Å². The molecule has 2 heterocycles. The van der Waals surface area contributed by atoms with Crippen molar-refractivity contribution in [1.29, 1.82) is 0 Å². The maximum atomic E-state index is 11.9. The lowest BCUT2D eigenvalue weighted by atomic mass is 9.63. The molecule has 24 heavy (non-hydrogen) atoms. The van der Waals surface area contributed by atoms with Crippen LogP contribution >= 0.6 is 22.7 Å². The van der Waals surface area contributed by atoms with Crippen molar-refractivity contribution in [3.8, 4) is 0 Å². The molecule has 0 atom stereocenters.